The summed E-state index contributed by atoms with van der Waals surface area (Å²) in [5.41, 5.74) is 9.30. The zero-order valence-electron chi connectivity index (χ0n) is 14.3. The van der Waals surface area contributed by atoms with Crippen molar-refractivity contribution in [1.82, 2.24) is 0 Å². The second kappa shape index (κ2) is 6.19. The van der Waals surface area contributed by atoms with Crippen molar-refractivity contribution in [3.63, 3.8) is 0 Å². The summed E-state index contributed by atoms with van der Waals surface area (Å²) in [6.07, 6.45) is -0.148. The average Bonchev–Trinajstić information content (AvgIpc) is 2.57. The maximum absolute atomic E-state index is 11.3. The van der Waals surface area contributed by atoms with E-state index in [1.165, 1.54) is 5.56 Å². The van der Waals surface area contributed by atoms with Gasteiger partial charge in [0.25, 0.3) is 0 Å². The summed E-state index contributed by atoms with van der Waals surface area (Å²) in [6, 6.07) is 14.5. The lowest BCUT2D eigenvalue weighted by atomic mass is 9.80. The molecule has 4 heteroatoms. The minimum absolute atomic E-state index is 0.327. The van der Waals surface area contributed by atoms with Crippen LogP contribution in [0.1, 0.15) is 38.0 Å². The molecule has 1 aliphatic rings. The molecule has 2 N–H and O–H groups in total. The van der Waals surface area contributed by atoms with Crippen molar-refractivity contribution in [2.75, 3.05) is 6.61 Å². The van der Waals surface area contributed by atoms with Crippen molar-refractivity contribution in [3.05, 3.63) is 53.6 Å². The smallest absolute Gasteiger partial charge is 0.405 e. The van der Waals surface area contributed by atoms with Crippen LogP contribution in [0.3, 0.4) is 0 Å². The van der Waals surface area contributed by atoms with E-state index in [-0.39, 0.29) is 5.41 Å². The topological polar surface area (TPSA) is 61.6 Å². The highest BCUT2D eigenvalue weighted by Crippen LogP contribution is 2.46. The van der Waals surface area contributed by atoms with Crippen LogP contribution in [0.15, 0.2) is 42.5 Å². The number of ether oxygens (including phenoxy) is 2. The van der Waals surface area contributed by atoms with Crippen LogP contribution in [-0.2, 0) is 11.2 Å². The van der Waals surface area contributed by atoms with Crippen LogP contribution in [-0.4, -0.2) is 12.7 Å². The largest absolute Gasteiger partial charge is 0.492 e. The molecule has 2 aromatic carbocycles. The molecule has 1 heterocycles. The molecule has 3 rings (SSSR count). The predicted molar refractivity (Wildman–Crippen MR) is 93.9 cm³/mol. The third-order valence-electron chi connectivity index (χ3n) is 4.54. The van der Waals surface area contributed by atoms with Gasteiger partial charge in [-0.05, 0) is 29.2 Å². The Hall–Kier alpha value is -2.49. The molecule has 126 valence electrons. The zero-order valence-corrected chi connectivity index (χ0v) is 14.3. The lowest BCUT2D eigenvalue weighted by Crippen LogP contribution is -2.37. The maximum atomic E-state index is 11.3. The Morgan fingerprint density at radius 1 is 1.21 bits per heavy atom. The first-order valence-electron chi connectivity index (χ1n) is 8.23. The van der Waals surface area contributed by atoms with Crippen molar-refractivity contribution in [2.45, 2.75) is 33.3 Å². The predicted octanol–water partition coefficient (Wildman–Crippen LogP) is 4.47. The number of nitrogens with two attached hydrogens (primary N) is 1. The first kappa shape index (κ1) is 16.4. The van der Waals surface area contributed by atoms with E-state index in [4.69, 9.17) is 15.2 Å². The molecule has 0 saturated heterocycles. The Morgan fingerprint density at radius 3 is 2.50 bits per heavy atom. The number of hydrogen-bond acceptors (Lipinski definition) is 3. The van der Waals surface area contributed by atoms with E-state index in [0.717, 1.165) is 28.9 Å². The van der Waals surface area contributed by atoms with Crippen LogP contribution in [0.4, 0.5) is 4.79 Å². The number of rotatable bonds is 3. The number of carbonyl (C=O) groups is 1. The van der Waals surface area contributed by atoms with Gasteiger partial charge in [0.2, 0.25) is 0 Å². The molecule has 0 fully saturated rings. The molecule has 1 amide bonds. The Morgan fingerprint density at radius 2 is 1.88 bits per heavy atom. The first-order chi connectivity index (χ1) is 11.4. The fourth-order valence-electron chi connectivity index (χ4n) is 3.09. The molecule has 1 aliphatic heterocycles. The standard InChI is InChI=1S/C20H23NO3/c1-4-13-5-7-14(8-6-13)15-9-10-16-17(11-15)23-12-20(2,3)18(16)24-19(21)22/h5-11,18H,4,12H2,1-3H3,(H2,21,22). The van der Waals surface area contributed by atoms with Gasteiger partial charge in [-0.3, -0.25) is 0 Å². The number of amides is 1. The van der Waals surface area contributed by atoms with Gasteiger partial charge in [0.1, 0.15) is 11.9 Å². The third kappa shape index (κ3) is 3.09. The lowest BCUT2D eigenvalue weighted by molar-refractivity contribution is -0.0176. The van der Waals surface area contributed by atoms with Gasteiger partial charge in [0.05, 0.1) is 6.61 Å². The van der Waals surface area contributed by atoms with Crippen LogP contribution in [0.25, 0.3) is 11.1 Å². The summed E-state index contributed by atoms with van der Waals surface area (Å²) in [7, 11) is 0. The number of primary amides is 1. The molecule has 0 radical (unpaired) electrons. The summed E-state index contributed by atoms with van der Waals surface area (Å²) >= 11 is 0. The quantitative estimate of drug-likeness (QED) is 0.905. The molecular formula is C20H23NO3. The molecule has 1 unspecified atom stereocenters. The summed E-state index contributed by atoms with van der Waals surface area (Å²) in [5, 5.41) is 0. The maximum Gasteiger partial charge on any atom is 0.405 e. The number of aryl methyl sites for hydroxylation is 1. The first-order valence-corrected chi connectivity index (χ1v) is 8.23. The van der Waals surface area contributed by atoms with Crippen molar-refractivity contribution in [1.29, 1.82) is 0 Å². The fraction of sp³-hybridized carbons (Fsp3) is 0.350. The molecule has 24 heavy (non-hydrogen) atoms. The van der Waals surface area contributed by atoms with Gasteiger partial charge >= 0.3 is 6.09 Å². The van der Waals surface area contributed by atoms with Crippen molar-refractivity contribution in [3.8, 4) is 16.9 Å². The highest BCUT2D eigenvalue weighted by molar-refractivity contribution is 5.68. The molecule has 0 aliphatic carbocycles. The van der Waals surface area contributed by atoms with Crippen molar-refractivity contribution in [2.24, 2.45) is 11.1 Å². The van der Waals surface area contributed by atoms with Gasteiger partial charge in [-0.2, -0.15) is 0 Å². The normalized spacial score (nSPS) is 18.4. The molecule has 2 aromatic rings. The van der Waals surface area contributed by atoms with E-state index in [1.807, 2.05) is 32.0 Å². The fourth-order valence-corrected chi connectivity index (χ4v) is 3.09. The monoisotopic (exact) mass is 325 g/mol. The van der Waals surface area contributed by atoms with E-state index >= 15 is 0 Å². The Bertz CT molecular complexity index is 750. The molecular weight excluding hydrogens is 302 g/mol. The Labute approximate surface area is 142 Å². The summed E-state index contributed by atoms with van der Waals surface area (Å²) in [5.74, 6) is 0.748. The van der Waals surface area contributed by atoms with Crippen molar-refractivity contribution >= 4 is 6.09 Å². The Kier molecular flexibility index (Phi) is 4.22. The van der Waals surface area contributed by atoms with Crippen LogP contribution < -0.4 is 10.5 Å². The van der Waals surface area contributed by atoms with Gasteiger partial charge in [0, 0.05) is 11.0 Å². The van der Waals surface area contributed by atoms with Crippen molar-refractivity contribution < 1.29 is 14.3 Å². The van der Waals surface area contributed by atoms with Gasteiger partial charge in [0.15, 0.2) is 0 Å². The van der Waals surface area contributed by atoms with E-state index in [0.29, 0.717) is 6.61 Å². The van der Waals surface area contributed by atoms with E-state index in [1.54, 1.807) is 0 Å². The molecule has 0 spiro atoms. The average molecular weight is 325 g/mol. The molecule has 1 atom stereocenters. The molecule has 0 bridgehead atoms. The minimum Gasteiger partial charge on any atom is -0.492 e. The minimum atomic E-state index is -0.764. The highest BCUT2D eigenvalue weighted by Gasteiger charge is 2.40. The molecule has 0 aromatic heterocycles. The van der Waals surface area contributed by atoms with Gasteiger partial charge < -0.3 is 15.2 Å². The second-order valence-corrected chi connectivity index (χ2v) is 6.90. The van der Waals surface area contributed by atoms with Gasteiger partial charge in [-0.25, -0.2) is 4.79 Å². The number of benzene rings is 2. The SMILES string of the molecule is CCc1ccc(-c2ccc3c(c2)OCC(C)(C)C3OC(N)=O)cc1. The molecule has 4 nitrogen and oxygen atoms in total. The van der Waals surface area contributed by atoms with Crippen LogP contribution in [0.2, 0.25) is 0 Å². The zero-order chi connectivity index (χ0) is 17.3. The summed E-state index contributed by atoms with van der Waals surface area (Å²) in [4.78, 5) is 11.3. The highest BCUT2D eigenvalue weighted by atomic mass is 16.6. The van der Waals surface area contributed by atoms with Gasteiger partial charge in [-0.1, -0.05) is 57.2 Å². The lowest BCUT2D eigenvalue weighted by Gasteiger charge is -2.38. The summed E-state index contributed by atoms with van der Waals surface area (Å²) in [6.45, 7) is 6.61. The van der Waals surface area contributed by atoms with E-state index in [2.05, 4.69) is 31.2 Å². The second-order valence-electron chi connectivity index (χ2n) is 6.90. The number of fused-ring (bicyclic) bond motifs is 1. The van der Waals surface area contributed by atoms with Crippen LogP contribution >= 0.6 is 0 Å². The van der Waals surface area contributed by atoms with E-state index in [9.17, 15) is 4.79 Å². The van der Waals surface area contributed by atoms with E-state index < -0.39 is 12.2 Å². The van der Waals surface area contributed by atoms with Crippen LogP contribution in [0.5, 0.6) is 5.75 Å². The number of hydrogen-bond donors (Lipinski definition) is 1. The van der Waals surface area contributed by atoms with Gasteiger partial charge in [-0.15, -0.1) is 0 Å². The summed E-state index contributed by atoms with van der Waals surface area (Å²) < 4.78 is 11.3. The van der Waals surface area contributed by atoms with Crippen LogP contribution in [0, 0.1) is 5.41 Å². The number of carbonyl (C=O) groups excluding carboxylic acids is 1. The Balaban J connectivity index is 1.97. The molecule has 0 saturated carbocycles. The third-order valence-corrected chi connectivity index (χ3v) is 4.54.